The summed E-state index contributed by atoms with van der Waals surface area (Å²) in [6.07, 6.45) is 1.93. The SMILES string of the molecule is CNC(=O)C[C@H]1CN(C(=O)c2cccc(C#N)c2)Cc2ccnn21. The van der Waals surface area contributed by atoms with E-state index >= 15 is 0 Å². The molecule has 7 heteroatoms. The summed E-state index contributed by atoms with van der Waals surface area (Å²) in [5.74, 6) is -0.247. The quantitative estimate of drug-likeness (QED) is 0.915. The van der Waals surface area contributed by atoms with Gasteiger partial charge >= 0.3 is 0 Å². The monoisotopic (exact) mass is 323 g/mol. The number of hydrogen-bond donors (Lipinski definition) is 1. The molecular formula is C17H17N5O2. The van der Waals surface area contributed by atoms with E-state index in [0.717, 1.165) is 5.69 Å². The molecule has 1 N–H and O–H groups in total. The van der Waals surface area contributed by atoms with E-state index in [0.29, 0.717) is 24.2 Å². The maximum absolute atomic E-state index is 12.8. The molecule has 24 heavy (non-hydrogen) atoms. The van der Waals surface area contributed by atoms with Crippen molar-refractivity contribution in [2.75, 3.05) is 13.6 Å². The molecule has 2 aromatic rings. The van der Waals surface area contributed by atoms with Crippen LogP contribution < -0.4 is 5.32 Å². The fourth-order valence-electron chi connectivity index (χ4n) is 2.91. The topological polar surface area (TPSA) is 91.0 Å². The Bertz CT molecular complexity index is 820. The minimum Gasteiger partial charge on any atom is -0.359 e. The maximum Gasteiger partial charge on any atom is 0.254 e. The fourth-order valence-corrected chi connectivity index (χ4v) is 2.91. The number of carbonyl (C=O) groups is 2. The Morgan fingerprint density at radius 1 is 1.42 bits per heavy atom. The highest BCUT2D eigenvalue weighted by atomic mass is 16.2. The van der Waals surface area contributed by atoms with Crippen molar-refractivity contribution in [1.82, 2.24) is 20.0 Å². The molecule has 0 saturated carbocycles. The molecule has 1 atom stereocenters. The molecule has 1 aliphatic heterocycles. The van der Waals surface area contributed by atoms with Gasteiger partial charge in [-0.05, 0) is 24.3 Å². The number of benzene rings is 1. The molecule has 7 nitrogen and oxygen atoms in total. The van der Waals surface area contributed by atoms with Crippen LogP contribution in [0.5, 0.6) is 0 Å². The zero-order valence-electron chi connectivity index (χ0n) is 13.3. The van der Waals surface area contributed by atoms with Crippen LogP contribution in [0.3, 0.4) is 0 Å². The van der Waals surface area contributed by atoms with Crippen LogP contribution in [-0.4, -0.2) is 40.1 Å². The fraction of sp³-hybridized carbons (Fsp3) is 0.294. The summed E-state index contributed by atoms with van der Waals surface area (Å²) in [6.45, 7) is 0.831. The van der Waals surface area contributed by atoms with E-state index in [1.807, 2.05) is 16.8 Å². The van der Waals surface area contributed by atoms with Gasteiger partial charge in [0.15, 0.2) is 0 Å². The number of nitrogens with one attached hydrogen (secondary N) is 1. The minimum atomic E-state index is -0.202. The van der Waals surface area contributed by atoms with Gasteiger partial charge in [0.1, 0.15) is 0 Å². The van der Waals surface area contributed by atoms with E-state index in [2.05, 4.69) is 10.4 Å². The minimum absolute atomic E-state index is 0.0952. The van der Waals surface area contributed by atoms with Gasteiger partial charge < -0.3 is 10.2 Å². The van der Waals surface area contributed by atoms with Crippen LogP contribution in [0, 0.1) is 11.3 Å². The third-order valence-corrected chi connectivity index (χ3v) is 4.11. The molecule has 0 aliphatic carbocycles. The van der Waals surface area contributed by atoms with Gasteiger partial charge in [0, 0.05) is 25.4 Å². The second-order valence-corrected chi connectivity index (χ2v) is 5.68. The highest BCUT2D eigenvalue weighted by Gasteiger charge is 2.30. The van der Waals surface area contributed by atoms with Gasteiger partial charge in [-0.3, -0.25) is 14.3 Å². The lowest BCUT2D eigenvalue weighted by atomic mass is 10.1. The molecule has 0 saturated heterocycles. The van der Waals surface area contributed by atoms with Crippen LogP contribution in [0.4, 0.5) is 0 Å². The van der Waals surface area contributed by atoms with E-state index in [9.17, 15) is 9.59 Å². The molecule has 0 radical (unpaired) electrons. The molecule has 2 heterocycles. The van der Waals surface area contributed by atoms with E-state index < -0.39 is 0 Å². The summed E-state index contributed by atoms with van der Waals surface area (Å²) in [6, 6.07) is 10.3. The zero-order chi connectivity index (χ0) is 17.1. The number of nitriles is 1. The Hall–Kier alpha value is -3.14. The van der Waals surface area contributed by atoms with Crippen molar-refractivity contribution in [2.45, 2.75) is 19.0 Å². The van der Waals surface area contributed by atoms with Crippen molar-refractivity contribution in [1.29, 1.82) is 5.26 Å². The van der Waals surface area contributed by atoms with Crippen LogP contribution >= 0.6 is 0 Å². The molecular weight excluding hydrogens is 306 g/mol. The summed E-state index contributed by atoms with van der Waals surface area (Å²) in [5.41, 5.74) is 1.81. The predicted octanol–water partition coefficient (Wildman–Crippen LogP) is 1.09. The number of aromatic nitrogens is 2. The normalized spacial score (nSPS) is 16.2. The third-order valence-electron chi connectivity index (χ3n) is 4.11. The van der Waals surface area contributed by atoms with Gasteiger partial charge in [0.05, 0.1) is 36.3 Å². The largest absolute Gasteiger partial charge is 0.359 e. The number of rotatable bonds is 3. The Morgan fingerprint density at radius 3 is 3.00 bits per heavy atom. The van der Waals surface area contributed by atoms with Crippen molar-refractivity contribution in [2.24, 2.45) is 0 Å². The number of fused-ring (bicyclic) bond motifs is 1. The van der Waals surface area contributed by atoms with Gasteiger partial charge in [-0.2, -0.15) is 10.4 Å². The van der Waals surface area contributed by atoms with Gasteiger partial charge in [-0.1, -0.05) is 6.07 Å². The Labute approximate surface area is 139 Å². The first-order chi connectivity index (χ1) is 11.6. The van der Waals surface area contributed by atoms with Crippen molar-refractivity contribution in [3.05, 3.63) is 53.3 Å². The lowest BCUT2D eigenvalue weighted by Crippen LogP contribution is -2.42. The molecule has 2 amide bonds. The molecule has 3 rings (SSSR count). The van der Waals surface area contributed by atoms with Crippen LogP contribution in [0.15, 0.2) is 36.5 Å². The van der Waals surface area contributed by atoms with E-state index in [-0.39, 0.29) is 24.3 Å². The highest BCUT2D eigenvalue weighted by molar-refractivity contribution is 5.94. The molecule has 1 aromatic heterocycles. The molecule has 0 fully saturated rings. The number of nitrogens with zero attached hydrogens (tertiary/aromatic N) is 4. The average Bonchev–Trinajstić information content (AvgIpc) is 3.09. The summed E-state index contributed by atoms with van der Waals surface area (Å²) in [5, 5.41) is 15.9. The van der Waals surface area contributed by atoms with Crippen molar-refractivity contribution in [3.8, 4) is 6.07 Å². The molecule has 0 unspecified atom stereocenters. The summed E-state index contributed by atoms with van der Waals surface area (Å²) >= 11 is 0. The maximum atomic E-state index is 12.8. The first-order valence-electron chi connectivity index (χ1n) is 7.64. The van der Waals surface area contributed by atoms with Gasteiger partial charge in [-0.25, -0.2) is 0 Å². The van der Waals surface area contributed by atoms with E-state index in [4.69, 9.17) is 5.26 Å². The van der Waals surface area contributed by atoms with Gasteiger partial charge in [0.2, 0.25) is 5.91 Å². The van der Waals surface area contributed by atoms with Gasteiger partial charge in [0.25, 0.3) is 5.91 Å². The first kappa shape index (κ1) is 15.7. The Kier molecular flexibility index (Phi) is 4.29. The summed E-state index contributed by atoms with van der Waals surface area (Å²) < 4.78 is 1.81. The standard InChI is InChI=1S/C17H17N5O2/c1-19-16(23)8-15-11-21(10-14-5-6-20-22(14)15)17(24)13-4-2-3-12(7-13)9-18/h2-7,15H,8,10-11H2,1H3,(H,19,23)/t15-/m0/s1. The van der Waals surface area contributed by atoms with Crippen LogP contribution in [-0.2, 0) is 11.3 Å². The molecule has 122 valence electrons. The van der Waals surface area contributed by atoms with Crippen LogP contribution in [0.25, 0.3) is 0 Å². The molecule has 0 spiro atoms. The lowest BCUT2D eigenvalue weighted by Gasteiger charge is -2.33. The smallest absolute Gasteiger partial charge is 0.254 e. The van der Waals surface area contributed by atoms with Crippen LogP contribution in [0.2, 0.25) is 0 Å². The Morgan fingerprint density at radius 2 is 2.25 bits per heavy atom. The zero-order valence-corrected chi connectivity index (χ0v) is 13.3. The lowest BCUT2D eigenvalue weighted by molar-refractivity contribution is -0.121. The molecule has 1 aliphatic rings. The second kappa shape index (κ2) is 6.54. The third kappa shape index (κ3) is 2.99. The van der Waals surface area contributed by atoms with Crippen molar-refractivity contribution in [3.63, 3.8) is 0 Å². The number of amides is 2. The Balaban J connectivity index is 1.85. The highest BCUT2D eigenvalue weighted by Crippen LogP contribution is 2.24. The van der Waals surface area contributed by atoms with Crippen molar-refractivity contribution < 1.29 is 9.59 Å². The first-order valence-corrected chi connectivity index (χ1v) is 7.64. The molecule has 0 bridgehead atoms. The van der Waals surface area contributed by atoms with Crippen LogP contribution in [0.1, 0.15) is 34.1 Å². The molecule has 1 aromatic carbocycles. The number of carbonyl (C=O) groups excluding carboxylic acids is 2. The van der Waals surface area contributed by atoms with Crippen molar-refractivity contribution >= 4 is 11.8 Å². The summed E-state index contributed by atoms with van der Waals surface area (Å²) in [7, 11) is 1.59. The summed E-state index contributed by atoms with van der Waals surface area (Å²) in [4.78, 5) is 26.2. The van der Waals surface area contributed by atoms with Gasteiger partial charge in [-0.15, -0.1) is 0 Å². The van der Waals surface area contributed by atoms with E-state index in [1.165, 1.54) is 0 Å². The number of hydrogen-bond acceptors (Lipinski definition) is 4. The second-order valence-electron chi connectivity index (χ2n) is 5.68. The average molecular weight is 323 g/mol. The van der Waals surface area contributed by atoms with E-state index in [1.54, 1.807) is 42.4 Å². The predicted molar refractivity (Wildman–Crippen MR) is 85.8 cm³/mol.